The van der Waals surface area contributed by atoms with Crippen LogP contribution in [0.5, 0.6) is 5.75 Å². The minimum absolute atomic E-state index is 0.0154. The van der Waals surface area contributed by atoms with Crippen LogP contribution in [0.1, 0.15) is 37.0 Å². The number of thiazole rings is 1. The number of benzene rings is 3. The largest absolute Gasteiger partial charge is 0.494 e. The fourth-order valence-corrected chi connectivity index (χ4v) is 4.74. The van der Waals surface area contributed by atoms with Crippen molar-refractivity contribution in [3.63, 3.8) is 0 Å². The van der Waals surface area contributed by atoms with Gasteiger partial charge < -0.3 is 14.0 Å². The van der Waals surface area contributed by atoms with E-state index in [1.807, 2.05) is 42.5 Å². The molecule has 0 unspecified atom stereocenters. The number of carbonyl (C=O) groups is 2. The molecule has 0 aliphatic heterocycles. The summed E-state index contributed by atoms with van der Waals surface area (Å²) in [6, 6.07) is 19.0. The summed E-state index contributed by atoms with van der Waals surface area (Å²) in [7, 11) is 0. The number of esters is 1. The average molecular weight is 463 g/mol. The molecule has 7 heteroatoms. The highest BCUT2D eigenvalue weighted by molar-refractivity contribution is 7.17. The molecule has 6 nitrogen and oxygen atoms in total. The maximum Gasteiger partial charge on any atom is 0.326 e. The van der Waals surface area contributed by atoms with Crippen LogP contribution in [0.4, 0.5) is 0 Å². The second kappa shape index (κ2) is 10.4. The van der Waals surface area contributed by atoms with Gasteiger partial charge in [0.25, 0.3) is 5.91 Å². The van der Waals surface area contributed by atoms with E-state index in [4.69, 9.17) is 9.47 Å². The van der Waals surface area contributed by atoms with Crippen LogP contribution < -0.4 is 9.54 Å². The van der Waals surface area contributed by atoms with Gasteiger partial charge in [-0.2, -0.15) is 4.99 Å². The van der Waals surface area contributed by atoms with Crippen LogP contribution in [0.3, 0.4) is 0 Å². The molecule has 1 amide bonds. The Morgan fingerprint density at radius 1 is 1.03 bits per heavy atom. The summed E-state index contributed by atoms with van der Waals surface area (Å²) in [5.74, 6) is -0.110. The van der Waals surface area contributed by atoms with Crippen molar-refractivity contribution >= 4 is 44.2 Å². The van der Waals surface area contributed by atoms with Gasteiger partial charge in [-0.1, -0.05) is 61.1 Å². The summed E-state index contributed by atoms with van der Waals surface area (Å²) in [5, 5.41) is 2.14. The van der Waals surface area contributed by atoms with Crippen molar-refractivity contribution in [2.24, 2.45) is 4.99 Å². The fraction of sp³-hybridized carbons (Fsp3) is 0.269. The molecule has 0 bridgehead atoms. The maximum absolute atomic E-state index is 13.1. The summed E-state index contributed by atoms with van der Waals surface area (Å²) < 4.78 is 13.6. The molecule has 33 heavy (non-hydrogen) atoms. The van der Waals surface area contributed by atoms with Crippen molar-refractivity contribution in [1.82, 2.24) is 4.57 Å². The lowest BCUT2D eigenvalue weighted by molar-refractivity contribution is -0.143. The van der Waals surface area contributed by atoms with E-state index in [1.54, 1.807) is 29.7 Å². The van der Waals surface area contributed by atoms with E-state index in [0.29, 0.717) is 29.3 Å². The number of hydrogen-bond acceptors (Lipinski definition) is 5. The molecule has 0 saturated heterocycles. The first-order chi connectivity index (χ1) is 16.1. The summed E-state index contributed by atoms with van der Waals surface area (Å²) in [4.78, 5) is 30.2. The normalized spacial score (nSPS) is 11.8. The standard InChI is InChI=1S/C26H26N2O4S/c1-3-5-15-32-20-11-8-10-19(16-20)25(30)27-26-28(17-23(29)31-4-2)22-14-13-18-9-6-7-12-21(18)24(22)33-26/h6-14,16H,3-5,15,17H2,1-2H3. The van der Waals surface area contributed by atoms with Gasteiger partial charge >= 0.3 is 5.97 Å². The zero-order chi connectivity index (χ0) is 23.2. The molecular formula is C26H26N2O4S. The molecule has 0 spiro atoms. The molecule has 0 radical (unpaired) electrons. The predicted octanol–water partition coefficient (Wildman–Crippen LogP) is 5.34. The van der Waals surface area contributed by atoms with E-state index in [-0.39, 0.29) is 18.4 Å². The highest BCUT2D eigenvalue weighted by atomic mass is 32.1. The van der Waals surface area contributed by atoms with Crippen molar-refractivity contribution < 1.29 is 19.1 Å². The van der Waals surface area contributed by atoms with Gasteiger partial charge in [0, 0.05) is 10.9 Å². The smallest absolute Gasteiger partial charge is 0.326 e. The van der Waals surface area contributed by atoms with Crippen LogP contribution in [-0.4, -0.2) is 29.7 Å². The molecule has 4 aromatic rings. The lowest BCUT2D eigenvalue weighted by atomic mass is 10.1. The van der Waals surface area contributed by atoms with Gasteiger partial charge in [-0.25, -0.2) is 0 Å². The molecule has 1 aromatic heterocycles. The molecule has 0 saturated carbocycles. The van der Waals surface area contributed by atoms with Crippen molar-refractivity contribution in [1.29, 1.82) is 0 Å². The van der Waals surface area contributed by atoms with Gasteiger partial charge in [0.15, 0.2) is 4.80 Å². The highest BCUT2D eigenvalue weighted by Gasteiger charge is 2.15. The SMILES string of the molecule is CCCCOc1cccc(C(=O)N=c2sc3c4ccccc4ccc3n2CC(=O)OCC)c1. The van der Waals surface area contributed by atoms with Gasteiger partial charge in [0.05, 0.1) is 23.4 Å². The predicted molar refractivity (Wildman–Crippen MR) is 131 cm³/mol. The molecule has 0 aliphatic carbocycles. The quantitative estimate of drug-likeness (QED) is 0.262. The first-order valence-electron chi connectivity index (χ1n) is 11.1. The van der Waals surface area contributed by atoms with Crippen LogP contribution in [-0.2, 0) is 16.1 Å². The van der Waals surface area contributed by atoms with E-state index in [0.717, 1.165) is 33.8 Å². The summed E-state index contributed by atoms with van der Waals surface area (Å²) in [6.45, 7) is 4.75. The number of aromatic nitrogens is 1. The summed E-state index contributed by atoms with van der Waals surface area (Å²) in [6.07, 6.45) is 1.99. The minimum atomic E-state index is -0.385. The van der Waals surface area contributed by atoms with Crippen LogP contribution in [0.2, 0.25) is 0 Å². The van der Waals surface area contributed by atoms with E-state index in [9.17, 15) is 9.59 Å². The molecule has 0 N–H and O–H groups in total. The number of nitrogens with zero attached hydrogens (tertiary/aromatic N) is 2. The van der Waals surface area contributed by atoms with Crippen LogP contribution in [0.25, 0.3) is 21.0 Å². The Labute approximate surface area is 196 Å². The summed E-state index contributed by atoms with van der Waals surface area (Å²) in [5.41, 5.74) is 1.28. The Hall–Kier alpha value is -3.45. The van der Waals surface area contributed by atoms with Crippen molar-refractivity contribution in [2.45, 2.75) is 33.2 Å². The monoisotopic (exact) mass is 462 g/mol. The van der Waals surface area contributed by atoms with Gasteiger partial charge in [-0.15, -0.1) is 0 Å². The molecule has 0 atom stereocenters. The number of fused-ring (bicyclic) bond motifs is 3. The van der Waals surface area contributed by atoms with Crippen LogP contribution >= 0.6 is 11.3 Å². The van der Waals surface area contributed by atoms with Crippen molar-refractivity contribution in [3.8, 4) is 5.75 Å². The lowest BCUT2D eigenvalue weighted by Gasteiger charge is -2.07. The zero-order valence-electron chi connectivity index (χ0n) is 18.7. The molecule has 170 valence electrons. The van der Waals surface area contributed by atoms with E-state index in [2.05, 4.69) is 11.9 Å². The minimum Gasteiger partial charge on any atom is -0.494 e. The van der Waals surface area contributed by atoms with Crippen LogP contribution in [0.15, 0.2) is 65.7 Å². The second-order valence-electron chi connectivity index (χ2n) is 7.56. The molecule has 0 aliphatic rings. The van der Waals surface area contributed by atoms with E-state index in [1.165, 1.54) is 11.3 Å². The third-order valence-electron chi connectivity index (χ3n) is 5.21. The van der Waals surface area contributed by atoms with Gasteiger partial charge in [0.2, 0.25) is 0 Å². The number of unbranched alkanes of at least 4 members (excludes halogenated alkanes) is 1. The van der Waals surface area contributed by atoms with Crippen molar-refractivity contribution in [3.05, 3.63) is 71.0 Å². The Morgan fingerprint density at radius 2 is 1.88 bits per heavy atom. The Bertz CT molecular complexity index is 1370. The third kappa shape index (κ3) is 5.14. The second-order valence-corrected chi connectivity index (χ2v) is 8.54. The summed E-state index contributed by atoms with van der Waals surface area (Å²) >= 11 is 1.39. The topological polar surface area (TPSA) is 69.9 Å². The van der Waals surface area contributed by atoms with Crippen molar-refractivity contribution in [2.75, 3.05) is 13.2 Å². The third-order valence-corrected chi connectivity index (χ3v) is 6.34. The Morgan fingerprint density at radius 3 is 2.70 bits per heavy atom. The van der Waals surface area contributed by atoms with Gasteiger partial charge in [-0.3, -0.25) is 9.59 Å². The Kier molecular flexibility index (Phi) is 7.19. The lowest BCUT2D eigenvalue weighted by Crippen LogP contribution is -2.23. The van der Waals surface area contributed by atoms with Gasteiger partial charge in [0.1, 0.15) is 12.3 Å². The van der Waals surface area contributed by atoms with E-state index < -0.39 is 0 Å². The zero-order valence-corrected chi connectivity index (χ0v) is 19.6. The average Bonchev–Trinajstić information content (AvgIpc) is 3.17. The number of ether oxygens (including phenoxy) is 2. The molecule has 0 fully saturated rings. The maximum atomic E-state index is 13.1. The molecule has 3 aromatic carbocycles. The fourth-order valence-electron chi connectivity index (χ4n) is 3.58. The number of hydrogen-bond donors (Lipinski definition) is 0. The van der Waals surface area contributed by atoms with Crippen LogP contribution in [0, 0.1) is 0 Å². The number of carbonyl (C=O) groups excluding carboxylic acids is 2. The van der Waals surface area contributed by atoms with E-state index >= 15 is 0 Å². The molecule has 1 heterocycles. The number of amides is 1. The van der Waals surface area contributed by atoms with Gasteiger partial charge in [-0.05, 0) is 43.0 Å². The highest BCUT2D eigenvalue weighted by Crippen LogP contribution is 2.27. The first-order valence-corrected chi connectivity index (χ1v) is 11.9. The first kappa shape index (κ1) is 22.7. The molecule has 4 rings (SSSR count). The molecular weight excluding hydrogens is 436 g/mol. The number of rotatable bonds is 8. The Balaban J connectivity index is 1.78.